The Morgan fingerprint density at radius 1 is 1.75 bits per heavy atom. The number of aliphatic carboxylic acids is 1. The first-order chi connectivity index (χ1) is 5.59. The van der Waals surface area contributed by atoms with E-state index >= 15 is 0 Å². The fourth-order valence-electron chi connectivity index (χ4n) is 1.58. The Hall–Kier alpha value is -0.830. The van der Waals surface area contributed by atoms with Crippen LogP contribution >= 0.6 is 0 Å². The average molecular weight is 170 g/mol. The third kappa shape index (κ3) is 2.34. The molecule has 3 nitrogen and oxygen atoms in total. The van der Waals surface area contributed by atoms with E-state index in [1.807, 2.05) is 13.0 Å². The van der Waals surface area contributed by atoms with Crippen LogP contribution in [0.25, 0.3) is 0 Å². The van der Waals surface area contributed by atoms with Crippen LogP contribution in [0.5, 0.6) is 0 Å². The maximum atomic E-state index is 10.4. The summed E-state index contributed by atoms with van der Waals surface area (Å²) in [5.74, 6) is -0.916. The lowest BCUT2D eigenvalue weighted by Crippen LogP contribution is -2.25. The van der Waals surface area contributed by atoms with Crippen molar-refractivity contribution in [3.8, 4) is 0 Å². The van der Waals surface area contributed by atoms with Crippen molar-refractivity contribution in [2.45, 2.75) is 32.3 Å². The SMILES string of the molecule is CC1=CCC(O)C(CC(=O)O)C1. The molecule has 0 aliphatic heterocycles. The van der Waals surface area contributed by atoms with Gasteiger partial charge in [-0.3, -0.25) is 4.79 Å². The zero-order valence-electron chi connectivity index (χ0n) is 7.16. The van der Waals surface area contributed by atoms with Gasteiger partial charge in [-0.15, -0.1) is 0 Å². The maximum Gasteiger partial charge on any atom is 0.303 e. The Bertz CT molecular complexity index is 208. The van der Waals surface area contributed by atoms with Gasteiger partial charge < -0.3 is 10.2 Å². The molecule has 0 aromatic heterocycles. The molecule has 2 N–H and O–H groups in total. The lowest BCUT2D eigenvalue weighted by Gasteiger charge is -2.25. The summed E-state index contributed by atoms with van der Waals surface area (Å²) in [4.78, 5) is 10.4. The summed E-state index contributed by atoms with van der Waals surface area (Å²) in [5.41, 5.74) is 1.19. The van der Waals surface area contributed by atoms with Crippen molar-refractivity contribution in [1.82, 2.24) is 0 Å². The number of aliphatic hydroxyl groups excluding tert-OH is 1. The lowest BCUT2D eigenvalue weighted by molar-refractivity contribution is -0.139. The predicted molar refractivity (Wildman–Crippen MR) is 44.7 cm³/mol. The third-order valence-corrected chi connectivity index (χ3v) is 2.27. The Balaban J connectivity index is 2.53. The highest BCUT2D eigenvalue weighted by Gasteiger charge is 2.24. The molecule has 0 saturated heterocycles. The van der Waals surface area contributed by atoms with Crippen molar-refractivity contribution < 1.29 is 15.0 Å². The van der Waals surface area contributed by atoms with E-state index in [0.29, 0.717) is 12.8 Å². The number of allylic oxidation sites excluding steroid dienone is 1. The highest BCUT2D eigenvalue weighted by atomic mass is 16.4. The first-order valence-corrected chi connectivity index (χ1v) is 4.15. The van der Waals surface area contributed by atoms with Crippen LogP contribution < -0.4 is 0 Å². The Morgan fingerprint density at radius 3 is 3.00 bits per heavy atom. The highest BCUT2D eigenvalue weighted by Crippen LogP contribution is 2.26. The van der Waals surface area contributed by atoms with E-state index in [4.69, 9.17) is 5.11 Å². The molecule has 0 fully saturated rings. The van der Waals surface area contributed by atoms with Crippen LogP contribution in [0, 0.1) is 5.92 Å². The van der Waals surface area contributed by atoms with Gasteiger partial charge in [-0.1, -0.05) is 11.6 Å². The van der Waals surface area contributed by atoms with Gasteiger partial charge in [0.15, 0.2) is 0 Å². The third-order valence-electron chi connectivity index (χ3n) is 2.27. The fourth-order valence-corrected chi connectivity index (χ4v) is 1.58. The summed E-state index contributed by atoms with van der Waals surface area (Å²) >= 11 is 0. The minimum Gasteiger partial charge on any atom is -0.481 e. The molecule has 68 valence electrons. The Morgan fingerprint density at radius 2 is 2.42 bits per heavy atom. The minimum atomic E-state index is -0.825. The molecular weight excluding hydrogens is 156 g/mol. The molecular formula is C9H14O3. The van der Waals surface area contributed by atoms with Gasteiger partial charge in [0.25, 0.3) is 0 Å². The molecule has 0 heterocycles. The number of carboxylic acid groups (broad SMARTS) is 1. The highest BCUT2D eigenvalue weighted by molar-refractivity contribution is 5.67. The van der Waals surface area contributed by atoms with E-state index < -0.39 is 12.1 Å². The summed E-state index contributed by atoms with van der Waals surface area (Å²) in [6.07, 6.45) is 2.90. The van der Waals surface area contributed by atoms with Crippen LogP contribution in [0.2, 0.25) is 0 Å². The van der Waals surface area contributed by atoms with E-state index in [-0.39, 0.29) is 12.3 Å². The molecule has 12 heavy (non-hydrogen) atoms. The largest absolute Gasteiger partial charge is 0.481 e. The zero-order valence-corrected chi connectivity index (χ0v) is 7.16. The summed E-state index contributed by atoms with van der Waals surface area (Å²) in [6, 6.07) is 0. The van der Waals surface area contributed by atoms with Crippen molar-refractivity contribution in [1.29, 1.82) is 0 Å². The molecule has 0 amide bonds. The van der Waals surface area contributed by atoms with Gasteiger partial charge in [-0.05, 0) is 25.7 Å². The lowest BCUT2D eigenvalue weighted by atomic mass is 9.85. The number of rotatable bonds is 2. The summed E-state index contributed by atoms with van der Waals surface area (Å²) < 4.78 is 0. The van der Waals surface area contributed by atoms with Gasteiger partial charge in [0, 0.05) is 0 Å². The topological polar surface area (TPSA) is 57.5 Å². The standard InChI is InChI=1S/C9H14O3/c1-6-2-3-8(10)7(4-6)5-9(11)12/h2,7-8,10H,3-5H2,1H3,(H,11,12). The predicted octanol–water partition coefficient (Wildman–Crippen LogP) is 1.18. The van der Waals surface area contributed by atoms with Crippen molar-refractivity contribution in [2.75, 3.05) is 0 Å². The molecule has 3 heteroatoms. The monoisotopic (exact) mass is 170 g/mol. The van der Waals surface area contributed by atoms with E-state index in [2.05, 4.69) is 0 Å². The van der Waals surface area contributed by atoms with Crippen LogP contribution in [0.3, 0.4) is 0 Å². The average Bonchev–Trinajstić information content (AvgIpc) is 1.96. The van der Waals surface area contributed by atoms with Gasteiger partial charge in [0.2, 0.25) is 0 Å². The quantitative estimate of drug-likeness (QED) is 0.612. The normalized spacial score (nSPS) is 29.7. The first kappa shape index (κ1) is 9.26. The van der Waals surface area contributed by atoms with E-state index in [1.165, 1.54) is 5.57 Å². The van der Waals surface area contributed by atoms with Crippen LogP contribution in [-0.4, -0.2) is 22.3 Å². The number of carbonyl (C=O) groups is 1. The van der Waals surface area contributed by atoms with Gasteiger partial charge in [-0.2, -0.15) is 0 Å². The second-order valence-electron chi connectivity index (χ2n) is 3.42. The molecule has 0 radical (unpaired) electrons. The second kappa shape index (κ2) is 3.72. The first-order valence-electron chi connectivity index (χ1n) is 4.15. The molecule has 0 bridgehead atoms. The van der Waals surface area contributed by atoms with Crippen molar-refractivity contribution >= 4 is 5.97 Å². The summed E-state index contributed by atoms with van der Waals surface area (Å²) in [5, 5.41) is 18.0. The number of hydrogen-bond acceptors (Lipinski definition) is 2. The van der Waals surface area contributed by atoms with Crippen molar-refractivity contribution in [3.63, 3.8) is 0 Å². The molecule has 0 spiro atoms. The zero-order chi connectivity index (χ0) is 9.14. The molecule has 0 saturated carbocycles. The van der Waals surface area contributed by atoms with Crippen LogP contribution in [0.4, 0.5) is 0 Å². The number of carboxylic acids is 1. The van der Waals surface area contributed by atoms with Crippen molar-refractivity contribution in [3.05, 3.63) is 11.6 Å². The maximum absolute atomic E-state index is 10.4. The summed E-state index contributed by atoms with van der Waals surface area (Å²) in [6.45, 7) is 1.97. The van der Waals surface area contributed by atoms with Gasteiger partial charge in [-0.25, -0.2) is 0 Å². The number of aliphatic hydroxyl groups is 1. The molecule has 1 rings (SSSR count). The molecule has 0 aromatic rings. The summed E-state index contributed by atoms with van der Waals surface area (Å²) in [7, 11) is 0. The van der Waals surface area contributed by atoms with E-state index in [0.717, 1.165) is 0 Å². The Labute approximate surface area is 71.7 Å². The minimum absolute atomic E-state index is 0.0757. The van der Waals surface area contributed by atoms with E-state index in [1.54, 1.807) is 0 Å². The fraction of sp³-hybridized carbons (Fsp3) is 0.667. The van der Waals surface area contributed by atoms with Crippen LogP contribution in [0.15, 0.2) is 11.6 Å². The number of hydrogen-bond donors (Lipinski definition) is 2. The molecule has 1 aliphatic rings. The molecule has 2 atom stereocenters. The second-order valence-corrected chi connectivity index (χ2v) is 3.42. The smallest absolute Gasteiger partial charge is 0.303 e. The van der Waals surface area contributed by atoms with Gasteiger partial charge in [0.05, 0.1) is 12.5 Å². The van der Waals surface area contributed by atoms with Gasteiger partial charge in [0.1, 0.15) is 0 Å². The van der Waals surface area contributed by atoms with Gasteiger partial charge >= 0.3 is 5.97 Å². The van der Waals surface area contributed by atoms with E-state index in [9.17, 15) is 9.90 Å². The molecule has 0 aromatic carbocycles. The van der Waals surface area contributed by atoms with Crippen LogP contribution in [-0.2, 0) is 4.79 Å². The van der Waals surface area contributed by atoms with Crippen LogP contribution in [0.1, 0.15) is 26.2 Å². The molecule has 1 aliphatic carbocycles. The Kier molecular flexibility index (Phi) is 2.87. The molecule has 2 unspecified atom stereocenters. The van der Waals surface area contributed by atoms with Crippen molar-refractivity contribution in [2.24, 2.45) is 5.92 Å².